The Morgan fingerprint density at radius 3 is 2.50 bits per heavy atom. The van der Waals surface area contributed by atoms with Gasteiger partial charge in [0.15, 0.2) is 0 Å². The Bertz CT molecular complexity index is 148. The normalized spacial score (nSPS) is 28.8. The molecule has 0 radical (unpaired) electrons. The smallest absolute Gasteiger partial charge is 0.0468 e. The molecule has 2 fully saturated rings. The molecule has 2 nitrogen and oxygen atoms in total. The molecule has 70 valence electrons. The average molecular weight is 169 g/mol. The summed E-state index contributed by atoms with van der Waals surface area (Å²) in [5, 5.41) is 3.46. The van der Waals surface area contributed by atoms with E-state index < -0.39 is 0 Å². The third-order valence-corrected chi connectivity index (χ3v) is 3.40. The van der Waals surface area contributed by atoms with Crippen molar-refractivity contribution in [2.75, 3.05) is 20.3 Å². The van der Waals surface area contributed by atoms with Gasteiger partial charge in [-0.05, 0) is 45.1 Å². The quantitative estimate of drug-likeness (QED) is 0.692. The van der Waals surface area contributed by atoms with Crippen LogP contribution in [0.5, 0.6) is 0 Å². The first-order valence-electron chi connectivity index (χ1n) is 5.11. The Balaban J connectivity index is 1.77. The van der Waals surface area contributed by atoms with Gasteiger partial charge < -0.3 is 10.1 Å². The molecule has 0 unspecified atom stereocenters. The fraction of sp³-hybridized carbons (Fsp3) is 1.00. The van der Waals surface area contributed by atoms with Gasteiger partial charge in [0.1, 0.15) is 0 Å². The maximum atomic E-state index is 5.35. The summed E-state index contributed by atoms with van der Waals surface area (Å²) >= 11 is 0. The predicted octanol–water partition coefficient (Wildman–Crippen LogP) is 1.56. The summed E-state index contributed by atoms with van der Waals surface area (Å²) in [7, 11) is 2.10. The molecule has 1 saturated carbocycles. The molecule has 1 aliphatic heterocycles. The lowest BCUT2D eigenvalue weighted by molar-refractivity contribution is 0.0598. The minimum atomic E-state index is 0.544. The van der Waals surface area contributed by atoms with Crippen molar-refractivity contribution >= 4 is 0 Å². The first-order valence-corrected chi connectivity index (χ1v) is 5.11. The Hall–Kier alpha value is -0.0800. The first kappa shape index (κ1) is 8.52. The van der Waals surface area contributed by atoms with E-state index >= 15 is 0 Å². The molecule has 12 heavy (non-hydrogen) atoms. The van der Waals surface area contributed by atoms with Crippen molar-refractivity contribution < 1.29 is 4.74 Å². The summed E-state index contributed by atoms with van der Waals surface area (Å²) in [6.07, 6.45) is 6.72. The van der Waals surface area contributed by atoms with Gasteiger partial charge in [-0.3, -0.25) is 0 Å². The second-order valence-corrected chi connectivity index (χ2v) is 4.29. The van der Waals surface area contributed by atoms with Gasteiger partial charge in [-0.2, -0.15) is 0 Å². The SMILES string of the molecule is CNC1(CC2CCOCC2)CC1. The minimum absolute atomic E-state index is 0.544. The highest BCUT2D eigenvalue weighted by Crippen LogP contribution is 2.42. The molecule has 0 amide bonds. The molecule has 0 aromatic heterocycles. The van der Waals surface area contributed by atoms with Gasteiger partial charge in [0.2, 0.25) is 0 Å². The summed E-state index contributed by atoms with van der Waals surface area (Å²) in [6, 6.07) is 0. The van der Waals surface area contributed by atoms with E-state index in [4.69, 9.17) is 4.74 Å². The fourth-order valence-corrected chi connectivity index (χ4v) is 2.21. The Kier molecular flexibility index (Phi) is 2.37. The van der Waals surface area contributed by atoms with Gasteiger partial charge in [-0.1, -0.05) is 0 Å². The monoisotopic (exact) mass is 169 g/mol. The number of nitrogens with one attached hydrogen (secondary N) is 1. The third kappa shape index (κ3) is 1.80. The summed E-state index contributed by atoms with van der Waals surface area (Å²) in [6.45, 7) is 1.98. The Morgan fingerprint density at radius 2 is 2.00 bits per heavy atom. The van der Waals surface area contributed by atoms with Crippen molar-refractivity contribution in [1.29, 1.82) is 0 Å². The van der Waals surface area contributed by atoms with Gasteiger partial charge in [-0.15, -0.1) is 0 Å². The molecule has 0 aromatic carbocycles. The molecular weight excluding hydrogens is 150 g/mol. The molecular formula is C10H19NO. The van der Waals surface area contributed by atoms with Crippen LogP contribution in [0.15, 0.2) is 0 Å². The van der Waals surface area contributed by atoms with E-state index in [1.807, 2.05) is 0 Å². The van der Waals surface area contributed by atoms with Crippen molar-refractivity contribution in [2.24, 2.45) is 5.92 Å². The van der Waals surface area contributed by atoms with Crippen molar-refractivity contribution in [1.82, 2.24) is 5.32 Å². The highest BCUT2D eigenvalue weighted by Gasteiger charge is 2.42. The number of rotatable bonds is 3. The summed E-state index contributed by atoms with van der Waals surface area (Å²) < 4.78 is 5.35. The molecule has 1 saturated heterocycles. The maximum absolute atomic E-state index is 5.35. The summed E-state index contributed by atoms with van der Waals surface area (Å²) in [5.74, 6) is 0.925. The molecule has 0 spiro atoms. The molecule has 1 N–H and O–H groups in total. The van der Waals surface area contributed by atoms with Crippen LogP contribution in [0.4, 0.5) is 0 Å². The minimum Gasteiger partial charge on any atom is -0.381 e. The van der Waals surface area contributed by atoms with Crippen molar-refractivity contribution in [2.45, 2.75) is 37.6 Å². The molecule has 0 aromatic rings. The van der Waals surface area contributed by atoms with Crippen LogP contribution < -0.4 is 5.32 Å². The second-order valence-electron chi connectivity index (χ2n) is 4.29. The molecule has 0 bridgehead atoms. The third-order valence-electron chi connectivity index (χ3n) is 3.40. The Morgan fingerprint density at radius 1 is 1.33 bits per heavy atom. The maximum Gasteiger partial charge on any atom is 0.0468 e. The van der Waals surface area contributed by atoms with E-state index in [9.17, 15) is 0 Å². The van der Waals surface area contributed by atoms with E-state index in [-0.39, 0.29) is 0 Å². The van der Waals surface area contributed by atoms with Gasteiger partial charge in [-0.25, -0.2) is 0 Å². The van der Waals surface area contributed by atoms with Gasteiger partial charge in [0.25, 0.3) is 0 Å². The molecule has 1 aliphatic carbocycles. The topological polar surface area (TPSA) is 21.3 Å². The van der Waals surface area contributed by atoms with Crippen molar-refractivity contribution in [3.8, 4) is 0 Å². The lowest BCUT2D eigenvalue weighted by atomic mass is 9.91. The molecule has 0 atom stereocenters. The van der Waals surface area contributed by atoms with E-state index in [0.717, 1.165) is 19.1 Å². The number of hydrogen-bond donors (Lipinski definition) is 1. The summed E-state index contributed by atoms with van der Waals surface area (Å²) in [4.78, 5) is 0. The van der Waals surface area contributed by atoms with Crippen LogP contribution in [0.1, 0.15) is 32.1 Å². The number of ether oxygens (including phenoxy) is 1. The zero-order valence-corrected chi connectivity index (χ0v) is 7.94. The van der Waals surface area contributed by atoms with Gasteiger partial charge in [0.05, 0.1) is 0 Å². The number of hydrogen-bond acceptors (Lipinski definition) is 2. The molecule has 2 rings (SSSR count). The van der Waals surface area contributed by atoms with Crippen LogP contribution in [-0.2, 0) is 4.74 Å². The van der Waals surface area contributed by atoms with Crippen LogP contribution in [0.3, 0.4) is 0 Å². The highest BCUT2D eigenvalue weighted by molar-refractivity contribution is 5.02. The van der Waals surface area contributed by atoms with Crippen LogP contribution >= 0.6 is 0 Å². The Labute approximate surface area is 74.7 Å². The second kappa shape index (κ2) is 3.35. The van der Waals surface area contributed by atoms with Crippen molar-refractivity contribution in [3.05, 3.63) is 0 Å². The lowest BCUT2D eigenvalue weighted by Crippen LogP contribution is -2.31. The van der Waals surface area contributed by atoms with Crippen molar-refractivity contribution in [3.63, 3.8) is 0 Å². The first-order chi connectivity index (χ1) is 5.85. The largest absolute Gasteiger partial charge is 0.381 e. The van der Waals surface area contributed by atoms with Crippen LogP contribution in [-0.4, -0.2) is 25.8 Å². The van der Waals surface area contributed by atoms with E-state index in [1.54, 1.807) is 0 Å². The standard InChI is InChI=1S/C10H19NO/c1-11-10(4-5-10)8-9-2-6-12-7-3-9/h9,11H,2-8H2,1H3. The zero-order chi connectivity index (χ0) is 8.44. The molecule has 1 heterocycles. The highest BCUT2D eigenvalue weighted by atomic mass is 16.5. The fourth-order valence-electron chi connectivity index (χ4n) is 2.21. The van der Waals surface area contributed by atoms with Crippen LogP contribution in [0, 0.1) is 5.92 Å². The summed E-state index contributed by atoms with van der Waals surface area (Å²) in [5.41, 5.74) is 0.544. The van der Waals surface area contributed by atoms with Gasteiger partial charge >= 0.3 is 0 Å². The lowest BCUT2D eigenvalue weighted by Gasteiger charge is -2.26. The van der Waals surface area contributed by atoms with E-state index in [0.29, 0.717) is 5.54 Å². The van der Waals surface area contributed by atoms with Gasteiger partial charge in [0, 0.05) is 18.8 Å². The predicted molar refractivity (Wildman–Crippen MR) is 49.2 cm³/mol. The average Bonchev–Trinajstić information content (AvgIpc) is 2.88. The zero-order valence-electron chi connectivity index (χ0n) is 7.94. The molecule has 2 aliphatic rings. The van der Waals surface area contributed by atoms with Crippen LogP contribution in [0.2, 0.25) is 0 Å². The van der Waals surface area contributed by atoms with E-state index in [1.165, 1.54) is 32.1 Å². The van der Waals surface area contributed by atoms with Crippen LogP contribution in [0.25, 0.3) is 0 Å². The van der Waals surface area contributed by atoms with E-state index in [2.05, 4.69) is 12.4 Å². The molecule has 2 heteroatoms.